The number of hydrogen-bond donors (Lipinski definition) is 2. The van der Waals surface area contributed by atoms with Crippen LogP contribution in [0.4, 0.5) is 5.82 Å². The number of aromatic amines is 1. The number of pyridine rings is 1. The number of H-pyrrole nitrogens is 1. The van der Waals surface area contributed by atoms with Crippen LogP contribution in [0.5, 0.6) is 0 Å². The average molecular weight is 277 g/mol. The van der Waals surface area contributed by atoms with E-state index in [0.29, 0.717) is 11.2 Å². The largest absolute Gasteiger partial charge is 0.370 e. The number of hydrogen-bond acceptors (Lipinski definition) is 5. The zero-order valence-corrected chi connectivity index (χ0v) is 11.4. The highest BCUT2D eigenvalue weighted by Crippen LogP contribution is 2.37. The van der Waals surface area contributed by atoms with Gasteiger partial charge in [-0.3, -0.25) is 4.57 Å². The lowest BCUT2D eigenvalue weighted by Gasteiger charge is -2.05. The van der Waals surface area contributed by atoms with Gasteiger partial charge in [0.15, 0.2) is 5.16 Å². The van der Waals surface area contributed by atoms with Crippen LogP contribution in [0, 0.1) is 0 Å². The van der Waals surface area contributed by atoms with E-state index in [2.05, 4.69) is 20.5 Å². The van der Waals surface area contributed by atoms with E-state index in [4.69, 9.17) is 0 Å². The number of rotatable bonds is 5. The van der Waals surface area contributed by atoms with E-state index in [1.54, 1.807) is 4.57 Å². The predicted octanol–water partition coefficient (Wildman–Crippen LogP) is 1.88. The Morgan fingerprint density at radius 2 is 2.37 bits per heavy atom. The Balaban J connectivity index is 1.85. The first-order valence-electron chi connectivity index (χ1n) is 6.33. The standard InChI is InChI=1S/C12H15N5OS/c1-2-13-9-4-3-5-10(14-9)19-12-16-15-11(18)17(12)8-6-7-8/h3-5,8H,2,6-7H2,1H3,(H,13,14)(H,15,18). The van der Waals surface area contributed by atoms with Crippen molar-refractivity contribution in [2.75, 3.05) is 11.9 Å². The van der Waals surface area contributed by atoms with Gasteiger partial charge in [-0.2, -0.15) is 0 Å². The molecule has 1 saturated carbocycles. The molecule has 0 radical (unpaired) electrons. The van der Waals surface area contributed by atoms with Gasteiger partial charge in [-0.25, -0.2) is 14.9 Å². The van der Waals surface area contributed by atoms with Crippen molar-refractivity contribution in [2.24, 2.45) is 0 Å². The third-order valence-corrected chi connectivity index (χ3v) is 3.77. The first-order valence-corrected chi connectivity index (χ1v) is 7.15. The molecular weight excluding hydrogens is 262 g/mol. The Labute approximate surface area is 114 Å². The van der Waals surface area contributed by atoms with Crippen LogP contribution in [0.25, 0.3) is 0 Å². The molecule has 1 aliphatic rings. The second-order valence-electron chi connectivity index (χ2n) is 4.41. The maximum absolute atomic E-state index is 11.7. The van der Waals surface area contributed by atoms with Gasteiger partial charge in [0.1, 0.15) is 10.8 Å². The van der Waals surface area contributed by atoms with Crippen molar-refractivity contribution in [1.29, 1.82) is 0 Å². The van der Waals surface area contributed by atoms with Crippen molar-refractivity contribution in [1.82, 2.24) is 19.7 Å². The van der Waals surface area contributed by atoms with Crippen molar-refractivity contribution in [2.45, 2.75) is 36.0 Å². The van der Waals surface area contributed by atoms with Crippen molar-refractivity contribution in [3.05, 3.63) is 28.7 Å². The molecule has 19 heavy (non-hydrogen) atoms. The molecule has 0 bridgehead atoms. The topological polar surface area (TPSA) is 75.6 Å². The lowest BCUT2D eigenvalue weighted by atomic mass is 10.4. The van der Waals surface area contributed by atoms with Crippen LogP contribution in [0.15, 0.2) is 33.2 Å². The summed E-state index contributed by atoms with van der Waals surface area (Å²) in [5.74, 6) is 0.836. The highest BCUT2D eigenvalue weighted by molar-refractivity contribution is 7.99. The Morgan fingerprint density at radius 3 is 3.11 bits per heavy atom. The van der Waals surface area contributed by atoms with E-state index in [9.17, 15) is 4.79 Å². The molecule has 0 saturated heterocycles. The van der Waals surface area contributed by atoms with Crippen LogP contribution in [-0.4, -0.2) is 26.3 Å². The number of nitrogens with one attached hydrogen (secondary N) is 2. The van der Waals surface area contributed by atoms with Gasteiger partial charge in [0.2, 0.25) is 0 Å². The van der Waals surface area contributed by atoms with Gasteiger partial charge in [0.25, 0.3) is 0 Å². The first-order chi connectivity index (χ1) is 9.28. The fourth-order valence-corrected chi connectivity index (χ4v) is 2.76. The molecule has 1 fully saturated rings. The summed E-state index contributed by atoms with van der Waals surface area (Å²) in [5, 5.41) is 11.3. The van der Waals surface area contributed by atoms with Crippen LogP contribution < -0.4 is 11.0 Å². The van der Waals surface area contributed by atoms with E-state index in [1.165, 1.54) is 11.8 Å². The monoisotopic (exact) mass is 277 g/mol. The lowest BCUT2D eigenvalue weighted by Crippen LogP contribution is -2.16. The van der Waals surface area contributed by atoms with Gasteiger partial charge in [0, 0.05) is 12.6 Å². The molecule has 2 N–H and O–H groups in total. The third-order valence-electron chi connectivity index (χ3n) is 2.86. The number of nitrogens with zero attached hydrogens (tertiary/aromatic N) is 3. The van der Waals surface area contributed by atoms with Gasteiger partial charge in [-0.05, 0) is 43.7 Å². The van der Waals surface area contributed by atoms with E-state index in [0.717, 1.165) is 30.2 Å². The fraction of sp³-hybridized carbons (Fsp3) is 0.417. The molecule has 0 amide bonds. The minimum absolute atomic E-state index is 0.132. The quantitative estimate of drug-likeness (QED) is 0.872. The molecule has 2 aromatic rings. The molecule has 2 heterocycles. The molecule has 0 aromatic carbocycles. The minimum atomic E-state index is -0.132. The lowest BCUT2D eigenvalue weighted by molar-refractivity contribution is 0.642. The summed E-state index contributed by atoms with van der Waals surface area (Å²) < 4.78 is 1.73. The molecule has 100 valence electrons. The summed E-state index contributed by atoms with van der Waals surface area (Å²) in [6.07, 6.45) is 2.11. The van der Waals surface area contributed by atoms with Crippen LogP contribution in [-0.2, 0) is 0 Å². The third kappa shape index (κ3) is 2.65. The number of anilines is 1. The molecular formula is C12H15N5OS. The van der Waals surface area contributed by atoms with Gasteiger partial charge < -0.3 is 5.32 Å². The Morgan fingerprint density at radius 1 is 1.53 bits per heavy atom. The zero-order valence-electron chi connectivity index (χ0n) is 10.6. The van der Waals surface area contributed by atoms with E-state index in [1.807, 2.05) is 25.1 Å². The van der Waals surface area contributed by atoms with Crippen molar-refractivity contribution in [3.8, 4) is 0 Å². The molecule has 0 atom stereocenters. The highest BCUT2D eigenvalue weighted by atomic mass is 32.2. The summed E-state index contributed by atoms with van der Waals surface area (Å²) in [7, 11) is 0. The minimum Gasteiger partial charge on any atom is -0.370 e. The number of aromatic nitrogens is 4. The highest BCUT2D eigenvalue weighted by Gasteiger charge is 2.28. The Bertz CT molecular complexity index is 631. The van der Waals surface area contributed by atoms with Crippen LogP contribution in [0.3, 0.4) is 0 Å². The predicted molar refractivity (Wildman–Crippen MR) is 73.6 cm³/mol. The maximum Gasteiger partial charge on any atom is 0.344 e. The van der Waals surface area contributed by atoms with Gasteiger partial charge >= 0.3 is 5.69 Å². The Hall–Kier alpha value is -1.76. The maximum atomic E-state index is 11.7. The van der Waals surface area contributed by atoms with E-state index < -0.39 is 0 Å². The van der Waals surface area contributed by atoms with Crippen LogP contribution in [0.1, 0.15) is 25.8 Å². The van der Waals surface area contributed by atoms with Gasteiger partial charge in [-0.1, -0.05) is 6.07 Å². The summed E-state index contributed by atoms with van der Waals surface area (Å²) in [5.41, 5.74) is -0.132. The smallest absolute Gasteiger partial charge is 0.344 e. The van der Waals surface area contributed by atoms with E-state index in [-0.39, 0.29) is 5.69 Å². The summed E-state index contributed by atoms with van der Waals surface area (Å²) >= 11 is 1.41. The van der Waals surface area contributed by atoms with Crippen molar-refractivity contribution >= 4 is 17.6 Å². The molecule has 6 nitrogen and oxygen atoms in total. The molecule has 0 spiro atoms. The molecule has 2 aromatic heterocycles. The molecule has 0 unspecified atom stereocenters. The van der Waals surface area contributed by atoms with Crippen LogP contribution in [0.2, 0.25) is 0 Å². The SMILES string of the molecule is CCNc1cccc(Sc2n[nH]c(=O)n2C2CC2)n1. The fourth-order valence-electron chi connectivity index (χ4n) is 1.86. The zero-order chi connectivity index (χ0) is 13.2. The molecule has 3 rings (SSSR count). The van der Waals surface area contributed by atoms with Gasteiger partial charge in [0.05, 0.1) is 0 Å². The summed E-state index contributed by atoms with van der Waals surface area (Å²) in [6.45, 7) is 2.86. The average Bonchev–Trinajstić information content (AvgIpc) is 3.16. The first kappa shape index (κ1) is 12.3. The molecule has 0 aliphatic heterocycles. The van der Waals surface area contributed by atoms with Crippen molar-refractivity contribution < 1.29 is 0 Å². The second kappa shape index (κ2) is 5.08. The summed E-state index contributed by atoms with van der Waals surface area (Å²) in [4.78, 5) is 16.2. The summed E-state index contributed by atoms with van der Waals surface area (Å²) in [6, 6.07) is 6.10. The molecule has 7 heteroatoms. The molecule has 1 aliphatic carbocycles. The Kier molecular flexibility index (Phi) is 3.29. The second-order valence-corrected chi connectivity index (χ2v) is 5.39. The van der Waals surface area contributed by atoms with Gasteiger partial charge in [-0.15, -0.1) is 5.10 Å². The van der Waals surface area contributed by atoms with Crippen molar-refractivity contribution in [3.63, 3.8) is 0 Å². The van der Waals surface area contributed by atoms with Crippen LogP contribution >= 0.6 is 11.8 Å². The van der Waals surface area contributed by atoms with E-state index >= 15 is 0 Å². The normalized spacial score (nSPS) is 14.6.